The van der Waals surface area contributed by atoms with Crippen LogP contribution in [-0.4, -0.2) is 24.7 Å². The van der Waals surface area contributed by atoms with Crippen molar-refractivity contribution in [3.05, 3.63) is 15.6 Å². The van der Waals surface area contributed by atoms with Gasteiger partial charge in [-0.3, -0.25) is 0 Å². The number of nitrogens with one attached hydrogen (secondary N) is 1. The molecule has 0 fully saturated rings. The molecule has 0 aliphatic rings. The zero-order chi connectivity index (χ0) is 11.3. The van der Waals surface area contributed by atoms with E-state index in [1.807, 2.05) is 13.8 Å². The Morgan fingerprint density at radius 3 is 2.73 bits per heavy atom. The Kier molecular flexibility index (Phi) is 5.22. The number of aryl methyl sites for hydroxylation is 2. The van der Waals surface area contributed by atoms with E-state index >= 15 is 0 Å². The lowest BCUT2D eigenvalue weighted by molar-refractivity contribution is 0.147. The molecule has 0 bridgehead atoms. The van der Waals surface area contributed by atoms with E-state index in [0.717, 1.165) is 24.8 Å². The van der Waals surface area contributed by atoms with Crippen molar-refractivity contribution in [1.29, 1.82) is 0 Å². The lowest BCUT2D eigenvalue weighted by Crippen LogP contribution is -2.24. The summed E-state index contributed by atoms with van der Waals surface area (Å²) >= 11 is 1.76. The van der Waals surface area contributed by atoms with Gasteiger partial charge in [0.05, 0.1) is 17.3 Å². The van der Waals surface area contributed by atoms with E-state index in [2.05, 4.69) is 24.1 Å². The van der Waals surface area contributed by atoms with Gasteiger partial charge in [0.15, 0.2) is 0 Å². The predicted octanol–water partition coefficient (Wildman–Crippen LogP) is 2.45. The fourth-order valence-electron chi connectivity index (χ4n) is 1.54. The Morgan fingerprint density at radius 2 is 2.20 bits per heavy atom. The molecule has 1 rings (SSSR count). The molecule has 1 aromatic heterocycles. The number of aromatic nitrogens is 1. The lowest BCUT2D eigenvalue weighted by Gasteiger charge is -2.12. The zero-order valence-corrected chi connectivity index (χ0v) is 10.8. The van der Waals surface area contributed by atoms with Crippen molar-refractivity contribution >= 4 is 11.3 Å². The summed E-state index contributed by atoms with van der Waals surface area (Å²) < 4.78 is 5.27. The monoisotopic (exact) mass is 228 g/mol. The third-order valence-electron chi connectivity index (χ3n) is 2.25. The highest BCUT2D eigenvalue weighted by Crippen LogP contribution is 2.21. The summed E-state index contributed by atoms with van der Waals surface area (Å²) in [6, 6.07) is 0.315. The summed E-state index contributed by atoms with van der Waals surface area (Å²) in [5, 5.41) is 4.55. The van der Waals surface area contributed by atoms with Crippen LogP contribution in [0.1, 0.15) is 35.5 Å². The van der Waals surface area contributed by atoms with E-state index in [1.54, 1.807) is 11.3 Å². The van der Waals surface area contributed by atoms with Crippen LogP contribution in [0.5, 0.6) is 0 Å². The molecule has 4 heteroatoms. The van der Waals surface area contributed by atoms with E-state index in [-0.39, 0.29) is 0 Å². The first-order valence-corrected chi connectivity index (χ1v) is 6.21. The van der Waals surface area contributed by atoms with Crippen LogP contribution < -0.4 is 5.32 Å². The number of hydrogen-bond donors (Lipinski definition) is 1. The summed E-state index contributed by atoms with van der Waals surface area (Å²) in [5.74, 6) is 0. The SMILES string of the molecule is CCOCCNC(C)c1nc(C)sc1C. The topological polar surface area (TPSA) is 34.1 Å². The van der Waals surface area contributed by atoms with E-state index in [0.29, 0.717) is 6.04 Å². The van der Waals surface area contributed by atoms with Gasteiger partial charge in [0.25, 0.3) is 0 Å². The molecule has 1 atom stereocenters. The van der Waals surface area contributed by atoms with E-state index < -0.39 is 0 Å². The van der Waals surface area contributed by atoms with Gasteiger partial charge in [0, 0.05) is 24.1 Å². The molecule has 0 spiro atoms. The first-order valence-electron chi connectivity index (χ1n) is 5.40. The summed E-state index contributed by atoms with van der Waals surface area (Å²) in [6.07, 6.45) is 0. The molecule has 1 unspecified atom stereocenters. The van der Waals surface area contributed by atoms with Crippen LogP contribution in [0.15, 0.2) is 0 Å². The number of thiazole rings is 1. The Bertz CT molecular complexity index is 299. The maximum atomic E-state index is 5.27. The van der Waals surface area contributed by atoms with Crippen LogP contribution in [0.2, 0.25) is 0 Å². The first kappa shape index (κ1) is 12.6. The van der Waals surface area contributed by atoms with E-state index in [4.69, 9.17) is 4.74 Å². The molecule has 86 valence electrons. The Labute approximate surface area is 95.9 Å². The fraction of sp³-hybridized carbons (Fsp3) is 0.727. The van der Waals surface area contributed by atoms with Gasteiger partial charge in [0.1, 0.15) is 0 Å². The molecular weight excluding hydrogens is 208 g/mol. The van der Waals surface area contributed by atoms with Crippen molar-refractivity contribution in [2.24, 2.45) is 0 Å². The van der Waals surface area contributed by atoms with Gasteiger partial charge in [-0.05, 0) is 27.7 Å². The summed E-state index contributed by atoms with van der Waals surface area (Å²) in [5.41, 5.74) is 1.17. The fourth-order valence-corrected chi connectivity index (χ4v) is 2.45. The quantitative estimate of drug-likeness (QED) is 0.759. The van der Waals surface area contributed by atoms with E-state index in [9.17, 15) is 0 Å². The number of rotatable bonds is 6. The van der Waals surface area contributed by atoms with E-state index in [1.165, 1.54) is 10.6 Å². The van der Waals surface area contributed by atoms with Gasteiger partial charge in [-0.25, -0.2) is 4.98 Å². The third kappa shape index (κ3) is 3.89. The number of nitrogens with zero attached hydrogens (tertiary/aromatic N) is 1. The maximum Gasteiger partial charge on any atom is 0.0900 e. The van der Waals surface area contributed by atoms with Crippen LogP contribution in [0.25, 0.3) is 0 Å². The van der Waals surface area contributed by atoms with Crippen LogP contribution in [-0.2, 0) is 4.74 Å². The first-order chi connectivity index (χ1) is 7.15. The second kappa shape index (κ2) is 6.20. The minimum atomic E-state index is 0.315. The average molecular weight is 228 g/mol. The van der Waals surface area contributed by atoms with Crippen molar-refractivity contribution in [3.63, 3.8) is 0 Å². The van der Waals surface area contributed by atoms with Crippen LogP contribution >= 0.6 is 11.3 Å². The van der Waals surface area contributed by atoms with Gasteiger partial charge in [0.2, 0.25) is 0 Å². The standard InChI is InChI=1S/C11H20N2OS/c1-5-14-7-6-12-8(2)11-9(3)15-10(4)13-11/h8,12H,5-7H2,1-4H3. The summed E-state index contributed by atoms with van der Waals surface area (Å²) in [4.78, 5) is 5.83. The highest BCUT2D eigenvalue weighted by Gasteiger charge is 2.11. The number of hydrogen-bond acceptors (Lipinski definition) is 4. The Hall–Kier alpha value is -0.450. The molecule has 0 saturated heterocycles. The molecule has 0 radical (unpaired) electrons. The third-order valence-corrected chi connectivity index (χ3v) is 3.15. The smallest absolute Gasteiger partial charge is 0.0900 e. The summed E-state index contributed by atoms with van der Waals surface area (Å²) in [7, 11) is 0. The molecule has 0 aliphatic carbocycles. The molecule has 0 aliphatic heterocycles. The van der Waals surface area contributed by atoms with Crippen LogP contribution in [0.4, 0.5) is 0 Å². The van der Waals surface area contributed by atoms with Crippen molar-refractivity contribution in [1.82, 2.24) is 10.3 Å². The molecular formula is C11H20N2OS. The molecule has 15 heavy (non-hydrogen) atoms. The second-order valence-corrected chi connectivity index (χ2v) is 4.95. The minimum absolute atomic E-state index is 0.315. The average Bonchev–Trinajstić information content (AvgIpc) is 2.52. The van der Waals surface area contributed by atoms with Crippen LogP contribution in [0, 0.1) is 13.8 Å². The predicted molar refractivity (Wildman–Crippen MR) is 64.5 cm³/mol. The molecule has 1 aromatic rings. The molecule has 0 amide bonds. The highest BCUT2D eigenvalue weighted by atomic mass is 32.1. The zero-order valence-electron chi connectivity index (χ0n) is 9.96. The van der Waals surface area contributed by atoms with Crippen molar-refractivity contribution in [2.75, 3.05) is 19.8 Å². The highest BCUT2D eigenvalue weighted by molar-refractivity contribution is 7.11. The van der Waals surface area contributed by atoms with Gasteiger partial charge in [-0.1, -0.05) is 0 Å². The molecule has 0 aromatic carbocycles. The van der Waals surface area contributed by atoms with Crippen molar-refractivity contribution in [2.45, 2.75) is 33.7 Å². The van der Waals surface area contributed by atoms with Gasteiger partial charge in [-0.15, -0.1) is 11.3 Å². The molecule has 3 nitrogen and oxygen atoms in total. The maximum absolute atomic E-state index is 5.27. The molecule has 0 saturated carbocycles. The summed E-state index contributed by atoms with van der Waals surface area (Å²) in [6.45, 7) is 10.8. The van der Waals surface area contributed by atoms with Crippen LogP contribution in [0.3, 0.4) is 0 Å². The Morgan fingerprint density at radius 1 is 1.47 bits per heavy atom. The largest absolute Gasteiger partial charge is 0.380 e. The molecule has 1 heterocycles. The number of ether oxygens (including phenoxy) is 1. The van der Waals surface area contributed by atoms with Gasteiger partial charge >= 0.3 is 0 Å². The van der Waals surface area contributed by atoms with Gasteiger partial charge in [-0.2, -0.15) is 0 Å². The Balaban J connectivity index is 2.39. The minimum Gasteiger partial charge on any atom is -0.380 e. The van der Waals surface area contributed by atoms with Crippen molar-refractivity contribution in [3.8, 4) is 0 Å². The van der Waals surface area contributed by atoms with Gasteiger partial charge < -0.3 is 10.1 Å². The van der Waals surface area contributed by atoms with Crippen molar-refractivity contribution < 1.29 is 4.74 Å². The normalized spacial score (nSPS) is 13.1. The lowest BCUT2D eigenvalue weighted by atomic mass is 10.2. The molecule has 1 N–H and O–H groups in total. The second-order valence-electron chi connectivity index (χ2n) is 3.55.